The van der Waals surface area contributed by atoms with Crippen molar-refractivity contribution in [3.8, 4) is 5.75 Å². The fourth-order valence-electron chi connectivity index (χ4n) is 2.43. The Morgan fingerprint density at radius 2 is 1.79 bits per heavy atom. The Balaban J connectivity index is 2.11. The van der Waals surface area contributed by atoms with Crippen LogP contribution in [0.4, 0.5) is 0 Å². The molecule has 2 aromatic carbocycles. The van der Waals surface area contributed by atoms with E-state index in [0.29, 0.717) is 5.92 Å². The highest BCUT2D eigenvalue weighted by atomic mass is 79.9. The summed E-state index contributed by atoms with van der Waals surface area (Å²) in [7, 11) is 0. The molecule has 0 aliphatic carbocycles. The van der Waals surface area contributed by atoms with Crippen LogP contribution in [-0.4, -0.2) is 6.61 Å². The molecule has 0 aliphatic heterocycles. The number of rotatable bonds is 5. The smallest absolute Gasteiger partial charge is 0.134 e. The number of benzene rings is 2. The summed E-state index contributed by atoms with van der Waals surface area (Å²) in [6.45, 7) is 7.52. The summed E-state index contributed by atoms with van der Waals surface area (Å²) in [5.74, 6) is 2.24. The van der Waals surface area contributed by atoms with E-state index in [1.807, 2.05) is 0 Å². The minimum atomic E-state index is 0.582. The van der Waals surface area contributed by atoms with Crippen molar-refractivity contribution in [2.75, 3.05) is 6.61 Å². The van der Waals surface area contributed by atoms with Gasteiger partial charge in [-0.05, 0) is 51.0 Å². The van der Waals surface area contributed by atoms with E-state index < -0.39 is 0 Å². The minimum absolute atomic E-state index is 0.582. The lowest BCUT2D eigenvalue weighted by Gasteiger charge is -2.16. The van der Waals surface area contributed by atoms with Crippen LogP contribution in [0.1, 0.15) is 27.2 Å². The second kappa shape index (κ2) is 6.42. The van der Waals surface area contributed by atoms with E-state index in [1.165, 1.54) is 17.2 Å². The van der Waals surface area contributed by atoms with Crippen molar-refractivity contribution in [3.05, 3.63) is 40.9 Å². The Morgan fingerprint density at radius 3 is 2.53 bits per heavy atom. The van der Waals surface area contributed by atoms with Gasteiger partial charge in [-0.2, -0.15) is 0 Å². The van der Waals surface area contributed by atoms with Crippen molar-refractivity contribution >= 4 is 26.7 Å². The van der Waals surface area contributed by atoms with Crippen molar-refractivity contribution in [2.24, 2.45) is 11.8 Å². The number of ether oxygens (including phenoxy) is 1. The fourth-order valence-corrected chi connectivity index (χ4v) is 3.04. The second-order valence-corrected chi connectivity index (χ2v) is 6.44. The van der Waals surface area contributed by atoms with E-state index in [-0.39, 0.29) is 0 Å². The Labute approximate surface area is 124 Å². The van der Waals surface area contributed by atoms with Gasteiger partial charge in [0.05, 0.1) is 11.1 Å². The Hall–Kier alpha value is -1.02. The highest BCUT2D eigenvalue weighted by molar-refractivity contribution is 9.10. The van der Waals surface area contributed by atoms with Gasteiger partial charge in [0.2, 0.25) is 0 Å². The van der Waals surface area contributed by atoms with Gasteiger partial charge in [0.15, 0.2) is 0 Å². The summed E-state index contributed by atoms with van der Waals surface area (Å²) in [6, 6.07) is 12.5. The lowest BCUT2D eigenvalue weighted by molar-refractivity contribution is 0.238. The zero-order valence-electron chi connectivity index (χ0n) is 11.8. The van der Waals surface area contributed by atoms with Crippen molar-refractivity contribution < 1.29 is 4.74 Å². The van der Waals surface area contributed by atoms with Crippen LogP contribution in [0, 0.1) is 11.8 Å². The SMILES string of the molecule is CC(C)CC(C)COc1ccc2ccccc2c1Br. The number of fused-ring (bicyclic) bond motifs is 1. The Kier molecular flexibility index (Phi) is 4.87. The molecule has 0 radical (unpaired) electrons. The van der Waals surface area contributed by atoms with Crippen LogP contribution in [0.3, 0.4) is 0 Å². The quantitative estimate of drug-likeness (QED) is 0.690. The predicted octanol–water partition coefficient (Wildman–Crippen LogP) is 5.66. The molecule has 0 N–H and O–H groups in total. The summed E-state index contributed by atoms with van der Waals surface area (Å²) >= 11 is 3.66. The van der Waals surface area contributed by atoms with Gasteiger partial charge in [-0.15, -0.1) is 0 Å². The zero-order chi connectivity index (χ0) is 13.8. The molecule has 1 nitrogen and oxygen atoms in total. The van der Waals surface area contributed by atoms with Crippen LogP contribution in [0.2, 0.25) is 0 Å². The van der Waals surface area contributed by atoms with Gasteiger partial charge < -0.3 is 4.74 Å². The van der Waals surface area contributed by atoms with Crippen LogP contribution in [-0.2, 0) is 0 Å². The lowest BCUT2D eigenvalue weighted by atomic mass is 10.00. The van der Waals surface area contributed by atoms with Gasteiger partial charge in [-0.3, -0.25) is 0 Å². The van der Waals surface area contributed by atoms with Gasteiger partial charge in [-0.1, -0.05) is 51.1 Å². The molecule has 0 saturated heterocycles. The molecule has 0 heterocycles. The highest BCUT2D eigenvalue weighted by Gasteiger charge is 2.09. The largest absolute Gasteiger partial charge is 0.492 e. The fraction of sp³-hybridized carbons (Fsp3) is 0.412. The molecule has 102 valence electrons. The van der Waals surface area contributed by atoms with Crippen molar-refractivity contribution in [2.45, 2.75) is 27.2 Å². The molecule has 19 heavy (non-hydrogen) atoms. The summed E-state index contributed by atoms with van der Waals surface area (Å²) in [5, 5.41) is 2.44. The third-order valence-electron chi connectivity index (χ3n) is 3.22. The topological polar surface area (TPSA) is 9.23 Å². The van der Waals surface area contributed by atoms with Crippen molar-refractivity contribution in [1.29, 1.82) is 0 Å². The molecule has 0 saturated carbocycles. The molecule has 0 bridgehead atoms. The average molecular weight is 321 g/mol. The average Bonchev–Trinajstić information content (AvgIpc) is 2.37. The van der Waals surface area contributed by atoms with Gasteiger partial charge in [0.25, 0.3) is 0 Å². The third-order valence-corrected chi connectivity index (χ3v) is 4.04. The summed E-state index contributed by atoms with van der Waals surface area (Å²) in [6.07, 6.45) is 1.20. The van der Waals surface area contributed by atoms with E-state index in [4.69, 9.17) is 4.74 Å². The maximum atomic E-state index is 5.96. The Morgan fingerprint density at radius 1 is 1.05 bits per heavy atom. The van der Waals surface area contributed by atoms with Crippen LogP contribution in [0.15, 0.2) is 40.9 Å². The lowest BCUT2D eigenvalue weighted by Crippen LogP contribution is -2.11. The van der Waals surface area contributed by atoms with Gasteiger partial charge in [0.1, 0.15) is 5.75 Å². The molecular formula is C17H21BrO. The van der Waals surface area contributed by atoms with Crippen LogP contribution < -0.4 is 4.74 Å². The molecule has 0 fully saturated rings. The number of hydrogen-bond acceptors (Lipinski definition) is 1. The number of halogens is 1. The molecule has 1 unspecified atom stereocenters. The first-order chi connectivity index (χ1) is 9.08. The van der Waals surface area contributed by atoms with Crippen molar-refractivity contribution in [3.63, 3.8) is 0 Å². The summed E-state index contributed by atoms with van der Waals surface area (Å²) < 4.78 is 7.02. The first-order valence-electron chi connectivity index (χ1n) is 6.88. The van der Waals surface area contributed by atoms with E-state index in [2.05, 4.69) is 73.1 Å². The molecule has 2 heteroatoms. The monoisotopic (exact) mass is 320 g/mol. The molecule has 0 amide bonds. The second-order valence-electron chi connectivity index (χ2n) is 5.64. The first kappa shape index (κ1) is 14.4. The van der Waals surface area contributed by atoms with Crippen LogP contribution >= 0.6 is 15.9 Å². The maximum absolute atomic E-state index is 5.96. The minimum Gasteiger partial charge on any atom is -0.492 e. The normalized spacial score (nSPS) is 12.9. The molecule has 1 atom stereocenters. The van der Waals surface area contributed by atoms with E-state index in [9.17, 15) is 0 Å². The molecule has 2 aromatic rings. The predicted molar refractivity (Wildman–Crippen MR) is 85.8 cm³/mol. The summed E-state index contributed by atoms with van der Waals surface area (Å²) in [5.41, 5.74) is 0. The standard InChI is InChI=1S/C17H21BrO/c1-12(2)10-13(3)11-19-16-9-8-14-6-4-5-7-15(14)17(16)18/h4-9,12-13H,10-11H2,1-3H3. The first-order valence-corrected chi connectivity index (χ1v) is 7.67. The molecule has 0 aliphatic rings. The highest BCUT2D eigenvalue weighted by Crippen LogP contribution is 2.33. The number of hydrogen-bond donors (Lipinski definition) is 0. The van der Waals surface area contributed by atoms with Gasteiger partial charge in [-0.25, -0.2) is 0 Å². The zero-order valence-corrected chi connectivity index (χ0v) is 13.4. The van der Waals surface area contributed by atoms with E-state index in [0.717, 1.165) is 22.7 Å². The molecular weight excluding hydrogens is 300 g/mol. The van der Waals surface area contributed by atoms with E-state index >= 15 is 0 Å². The van der Waals surface area contributed by atoms with E-state index in [1.54, 1.807) is 0 Å². The van der Waals surface area contributed by atoms with Gasteiger partial charge >= 0.3 is 0 Å². The maximum Gasteiger partial charge on any atom is 0.134 e. The Bertz CT molecular complexity index is 548. The molecule has 0 aromatic heterocycles. The van der Waals surface area contributed by atoms with Crippen LogP contribution in [0.25, 0.3) is 10.8 Å². The van der Waals surface area contributed by atoms with Crippen LogP contribution in [0.5, 0.6) is 5.75 Å². The molecule has 2 rings (SSSR count). The van der Waals surface area contributed by atoms with Crippen molar-refractivity contribution in [1.82, 2.24) is 0 Å². The van der Waals surface area contributed by atoms with Gasteiger partial charge in [0, 0.05) is 0 Å². The third kappa shape index (κ3) is 3.73. The molecule has 0 spiro atoms. The summed E-state index contributed by atoms with van der Waals surface area (Å²) in [4.78, 5) is 0.